The Kier molecular flexibility index (Phi) is 6.45. The smallest absolute Gasteiger partial charge is 0.216 e. The zero-order valence-corrected chi connectivity index (χ0v) is 15.9. The van der Waals surface area contributed by atoms with Crippen molar-refractivity contribution in [2.45, 2.75) is 39.2 Å². The third kappa shape index (κ3) is 5.76. The van der Waals surface area contributed by atoms with Crippen LogP contribution in [0.1, 0.15) is 30.5 Å². The van der Waals surface area contributed by atoms with Crippen LogP contribution in [0.4, 0.5) is 0 Å². The molecule has 0 radical (unpaired) electrons. The van der Waals surface area contributed by atoms with Crippen molar-refractivity contribution < 1.29 is 17.9 Å². The van der Waals surface area contributed by atoms with E-state index in [-0.39, 0.29) is 18.4 Å². The lowest BCUT2D eigenvalue weighted by atomic mass is 10.1. The van der Waals surface area contributed by atoms with Gasteiger partial charge in [-0.1, -0.05) is 30.3 Å². The summed E-state index contributed by atoms with van der Waals surface area (Å²) < 4.78 is 38.3. The molecule has 136 valence electrons. The predicted molar refractivity (Wildman–Crippen MR) is 99.4 cm³/mol. The minimum atomic E-state index is -3.43. The zero-order chi connectivity index (χ0) is 18.4. The molecule has 0 fully saturated rings. The van der Waals surface area contributed by atoms with Crippen LogP contribution in [-0.2, 0) is 22.3 Å². The summed E-state index contributed by atoms with van der Waals surface area (Å²) in [6.07, 6.45) is 0.0346. The molecule has 2 aromatic rings. The highest BCUT2D eigenvalue weighted by atomic mass is 32.2. The Balaban J connectivity index is 2.06. The average Bonchev–Trinajstić information content (AvgIpc) is 2.55. The standard InChI is InChI=1S/C19H25NO4S/c1-14(2)24-18-10-9-16(11-19(18)23-4)12-20-25(21,22)13-17-8-6-5-7-15(17)3/h5-11,14,20H,12-13H2,1-4H3. The van der Waals surface area contributed by atoms with Gasteiger partial charge in [-0.15, -0.1) is 0 Å². The van der Waals surface area contributed by atoms with E-state index in [1.165, 1.54) is 0 Å². The van der Waals surface area contributed by atoms with Crippen LogP contribution in [0.25, 0.3) is 0 Å². The van der Waals surface area contributed by atoms with Crippen molar-refractivity contribution in [3.05, 3.63) is 59.2 Å². The van der Waals surface area contributed by atoms with E-state index in [0.29, 0.717) is 11.5 Å². The Morgan fingerprint density at radius 2 is 1.80 bits per heavy atom. The fourth-order valence-corrected chi connectivity index (χ4v) is 3.62. The fraction of sp³-hybridized carbons (Fsp3) is 0.368. The van der Waals surface area contributed by atoms with Gasteiger partial charge in [-0.05, 0) is 49.6 Å². The normalized spacial score (nSPS) is 11.6. The molecule has 0 saturated heterocycles. The lowest BCUT2D eigenvalue weighted by molar-refractivity contribution is 0.230. The number of hydrogen-bond donors (Lipinski definition) is 1. The maximum atomic E-state index is 12.3. The van der Waals surface area contributed by atoms with Gasteiger partial charge in [0.25, 0.3) is 0 Å². The molecular formula is C19H25NO4S. The van der Waals surface area contributed by atoms with Crippen LogP contribution in [0.5, 0.6) is 11.5 Å². The summed E-state index contributed by atoms with van der Waals surface area (Å²) in [6.45, 7) is 5.98. The van der Waals surface area contributed by atoms with Crippen molar-refractivity contribution in [3.63, 3.8) is 0 Å². The van der Waals surface area contributed by atoms with E-state index in [1.54, 1.807) is 19.2 Å². The summed E-state index contributed by atoms with van der Waals surface area (Å²) in [5.74, 6) is 1.19. The number of sulfonamides is 1. The molecule has 0 bridgehead atoms. The first-order valence-electron chi connectivity index (χ1n) is 8.16. The Bertz CT molecular complexity index is 816. The summed E-state index contributed by atoms with van der Waals surface area (Å²) in [5, 5.41) is 0. The van der Waals surface area contributed by atoms with Gasteiger partial charge in [0.15, 0.2) is 11.5 Å². The van der Waals surface area contributed by atoms with Gasteiger partial charge < -0.3 is 9.47 Å². The molecule has 6 heteroatoms. The third-order valence-corrected chi connectivity index (χ3v) is 4.97. The summed E-state index contributed by atoms with van der Waals surface area (Å²) >= 11 is 0. The van der Waals surface area contributed by atoms with Crippen molar-refractivity contribution in [3.8, 4) is 11.5 Å². The van der Waals surface area contributed by atoms with Gasteiger partial charge in [0.2, 0.25) is 10.0 Å². The van der Waals surface area contributed by atoms with Crippen molar-refractivity contribution in [2.24, 2.45) is 0 Å². The van der Waals surface area contributed by atoms with Gasteiger partial charge in [0.05, 0.1) is 19.0 Å². The van der Waals surface area contributed by atoms with Crippen molar-refractivity contribution >= 4 is 10.0 Å². The number of rotatable bonds is 8. The molecule has 2 aromatic carbocycles. The molecule has 0 amide bonds. The van der Waals surface area contributed by atoms with Crippen LogP contribution in [0, 0.1) is 6.92 Å². The fourth-order valence-electron chi connectivity index (χ4n) is 2.39. The maximum absolute atomic E-state index is 12.3. The van der Waals surface area contributed by atoms with Crippen molar-refractivity contribution in [1.29, 1.82) is 0 Å². The number of aryl methyl sites for hydroxylation is 1. The summed E-state index contributed by atoms with van der Waals surface area (Å²) in [6, 6.07) is 12.9. The first-order chi connectivity index (χ1) is 11.8. The van der Waals surface area contributed by atoms with Crippen LogP contribution in [0.3, 0.4) is 0 Å². The molecule has 0 saturated carbocycles. The molecule has 25 heavy (non-hydrogen) atoms. The van der Waals surface area contributed by atoms with Crippen LogP contribution in [-0.4, -0.2) is 21.6 Å². The molecule has 5 nitrogen and oxygen atoms in total. The molecule has 0 aliphatic carbocycles. The molecule has 0 aliphatic heterocycles. The van der Waals surface area contributed by atoms with Crippen molar-refractivity contribution in [1.82, 2.24) is 4.72 Å². The second-order valence-corrected chi connectivity index (χ2v) is 7.97. The number of methoxy groups -OCH3 is 1. The van der Waals surface area contributed by atoms with E-state index in [2.05, 4.69) is 4.72 Å². The first kappa shape index (κ1) is 19.3. The quantitative estimate of drug-likeness (QED) is 0.781. The topological polar surface area (TPSA) is 64.6 Å². The second kappa shape index (κ2) is 8.36. The molecule has 1 N–H and O–H groups in total. The van der Waals surface area contributed by atoms with Crippen LogP contribution >= 0.6 is 0 Å². The van der Waals surface area contributed by atoms with E-state index in [4.69, 9.17) is 9.47 Å². The van der Waals surface area contributed by atoms with E-state index in [9.17, 15) is 8.42 Å². The number of hydrogen-bond acceptors (Lipinski definition) is 4. The monoisotopic (exact) mass is 363 g/mol. The van der Waals surface area contributed by atoms with Gasteiger partial charge in [-0.25, -0.2) is 13.1 Å². The molecular weight excluding hydrogens is 338 g/mol. The van der Waals surface area contributed by atoms with Crippen molar-refractivity contribution in [2.75, 3.05) is 7.11 Å². The number of ether oxygens (including phenoxy) is 2. The minimum Gasteiger partial charge on any atom is -0.493 e. The zero-order valence-electron chi connectivity index (χ0n) is 15.1. The van der Waals surface area contributed by atoms with Crippen LogP contribution in [0.15, 0.2) is 42.5 Å². The Hall–Kier alpha value is -2.05. The SMILES string of the molecule is COc1cc(CNS(=O)(=O)Cc2ccccc2C)ccc1OC(C)C. The molecule has 0 aromatic heterocycles. The third-order valence-electron chi connectivity index (χ3n) is 3.69. The van der Waals surface area contributed by atoms with E-state index in [1.807, 2.05) is 51.1 Å². The van der Waals surface area contributed by atoms with E-state index < -0.39 is 10.0 Å². The number of benzene rings is 2. The largest absolute Gasteiger partial charge is 0.493 e. The molecule has 0 spiro atoms. The van der Waals surface area contributed by atoms with Gasteiger partial charge in [0.1, 0.15) is 0 Å². The van der Waals surface area contributed by atoms with Gasteiger partial charge >= 0.3 is 0 Å². The average molecular weight is 363 g/mol. The predicted octanol–water partition coefficient (Wildman–Crippen LogP) is 3.41. The Labute approximate surface area is 150 Å². The second-order valence-electron chi connectivity index (χ2n) is 6.16. The Morgan fingerprint density at radius 1 is 1.08 bits per heavy atom. The van der Waals surface area contributed by atoms with Gasteiger partial charge in [0, 0.05) is 6.54 Å². The first-order valence-corrected chi connectivity index (χ1v) is 9.81. The highest BCUT2D eigenvalue weighted by molar-refractivity contribution is 7.88. The highest BCUT2D eigenvalue weighted by Crippen LogP contribution is 2.29. The van der Waals surface area contributed by atoms with Gasteiger partial charge in [-0.2, -0.15) is 0 Å². The summed E-state index contributed by atoms with van der Waals surface area (Å²) in [5.41, 5.74) is 2.57. The highest BCUT2D eigenvalue weighted by Gasteiger charge is 2.14. The van der Waals surface area contributed by atoms with Crippen LogP contribution < -0.4 is 14.2 Å². The molecule has 0 heterocycles. The number of nitrogens with one attached hydrogen (secondary N) is 1. The minimum absolute atomic E-state index is 0.0346. The Morgan fingerprint density at radius 3 is 2.44 bits per heavy atom. The van der Waals surface area contributed by atoms with Gasteiger partial charge in [-0.3, -0.25) is 0 Å². The molecule has 0 aliphatic rings. The van der Waals surface area contributed by atoms with E-state index in [0.717, 1.165) is 16.7 Å². The summed E-state index contributed by atoms with van der Waals surface area (Å²) in [4.78, 5) is 0. The lowest BCUT2D eigenvalue weighted by Gasteiger charge is -2.15. The van der Waals surface area contributed by atoms with E-state index >= 15 is 0 Å². The molecule has 2 rings (SSSR count). The maximum Gasteiger partial charge on any atom is 0.216 e. The summed E-state index contributed by atoms with van der Waals surface area (Å²) in [7, 11) is -1.86. The molecule has 0 atom stereocenters. The lowest BCUT2D eigenvalue weighted by Crippen LogP contribution is -2.25. The molecule has 0 unspecified atom stereocenters. The van der Waals surface area contributed by atoms with Crippen LogP contribution in [0.2, 0.25) is 0 Å².